The van der Waals surface area contributed by atoms with E-state index >= 15 is 0 Å². The SMILES string of the molecule is CCOc1c(C(C)C(=O)NCc2nccnc2Cl)cc(Cl)c(C)c1C. The van der Waals surface area contributed by atoms with Crippen LogP contribution < -0.4 is 10.1 Å². The average Bonchev–Trinajstić information content (AvgIpc) is 2.60. The molecule has 2 rings (SSSR count). The normalized spacial score (nSPS) is 11.9. The average molecular weight is 382 g/mol. The fourth-order valence-electron chi connectivity index (χ4n) is 2.47. The number of hydrogen-bond acceptors (Lipinski definition) is 4. The molecule has 5 nitrogen and oxygen atoms in total. The van der Waals surface area contributed by atoms with Crippen molar-refractivity contribution in [3.05, 3.63) is 51.0 Å². The molecule has 0 saturated carbocycles. The quantitative estimate of drug-likeness (QED) is 0.813. The number of carbonyl (C=O) groups is 1. The minimum atomic E-state index is -0.436. The number of rotatable bonds is 6. The summed E-state index contributed by atoms with van der Waals surface area (Å²) in [6, 6.07) is 1.80. The van der Waals surface area contributed by atoms with Gasteiger partial charge in [0.2, 0.25) is 5.91 Å². The second-order valence-corrected chi connectivity index (χ2v) is 6.46. The molecule has 0 spiro atoms. The van der Waals surface area contributed by atoms with E-state index in [0.29, 0.717) is 23.1 Å². The van der Waals surface area contributed by atoms with Crippen molar-refractivity contribution in [2.75, 3.05) is 6.61 Å². The Labute approximate surface area is 157 Å². The van der Waals surface area contributed by atoms with Gasteiger partial charge in [0.15, 0.2) is 5.15 Å². The lowest BCUT2D eigenvalue weighted by Crippen LogP contribution is -2.28. The molecule has 1 amide bonds. The van der Waals surface area contributed by atoms with Crippen LogP contribution in [-0.2, 0) is 11.3 Å². The number of hydrogen-bond donors (Lipinski definition) is 1. The molecule has 2 aromatic rings. The molecule has 0 saturated heterocycles. The molecule has 25 heavy (non-hydrogen) atoms. The molecule has 0 aliphatic heterocycles. The Bertz CT molecular complexity index is 781. The summed E-state index contributed by atoms with van der Waals surface area (Å²) in [5.41, 5.74) is 3.18. The Morgan fingerprint density at radius 1 is 1.24 bits per heavy atom. The molecule has 0 radical (unpaired) electrons. The maximum absolute atomic E-state index is 12.6. The molecule has 0 fully saturated rings. The number of amides is 1. The number of aromatic nitrogens is 2. The topological polar surface area (TPSA) is 64.1 Å². The first kappa shape index (κ1) is 19.5. The molecular formula is C18H21Cl2N3O2. The molecule has 1 aromatic carbocycles. The second kappa shape index (κ2) is 8.50. The Morgan fingerprint density at radius 3 is 2.56 bits per heavy atom. The van der Waals surface area contributed by atoms with Gasteiger partial charge in [0.25, 0.3) is 0 Å². The van der Waals surface area contributed by atoms with Gasteiger partial charge in [-0.1, -0.05) is 23.2 Å². The Kier molecular flexibility index (Phi) is 6.62. The lowest BCUT2D eigenvalue weighted by atomic mass is 9.94. The standard InChI is InChI=1S/C18H21Cl2N3O2/c1-5-25-16-11(3)10(2)14(19)8-13(16)12(4)18(24)23-9-15-17(20)22-7-6-21-15/h6-8,12H,5,9H2,1-4H3,(H,23,24). The summed E-state index contributed by atoms with van der Waals surface area (Å²) in [7, 11) is 0. The van der Waals surface area contributed by atoms with E-state index in [1.54, 1.807) is 6.07 Å². The highest BCUT2D eigenvalue weighted by Crippen LogP contribution is 2.36. The minimum Gasteiger partial charge on any atom is -0.493 e. The molecule has 134 valence electrons. The van der Waals surface area contributed by atoms with Crippen molar-refractivity contribution >= 4 is 29.1 Å². The summed E-state index contributed by atoms with van der Waals surface area (Å²) < 4.78 is 5.77. The van der Waals surface area contributed by atoms with Crippen molar-refractivity contribution in [3.8, 4) is 5.75 Å². The number of nitrogens with zero attached hydrogens (tertiary/aromatic N) is 2. The van der Waals surface area contributed by atoms with Gasteiger partial charge in [0.1, 0.15) is 5.75 Å². The number of nitrogens with one attached hydrogen (secondary N) is 1. The van der Waals surface area contributed by atoms with Gasteiger partial charge in [0, 0.05) is 23.0 Å². The van der Waals surface area contributed by atoms with Gasteiger partial charge in [-0.3, -0.25) is 9.78 Å². The lowest BCUT2D eigenvalue weighted by molar-refractivity contribution is -0.122. The van der Waals surface area contributed by atoms with Crippen LogP contribution in [0, 0.1) is 13.8 Å². The van der Waals surface area contributed by atoms with Gasteiger partial charge in [-0.25, -0.2) is 4.98 Å². The van der Waals surface area contributed by atoms with Crippen LogP contribution in [0.25, 0.3) is 0 Å². The third-order valence-electron chi connectivity index (χ3n) is 4.11. The molecule has 0 aliphatic carbocycles. The van der Waals surface area contributed by atoms with Crippen LogP contribution in [0.15, 0.2) is 18.5 Å². The molecule has 0 aliphatic rings. The Morgan fingerprint density at radius 2 is 1.92 bits per heavy atom. The fraction of sp³-hybridized carbons (Fsp3) is 0.389. The van der Waals surface area contributed by atoms with E-state index in [1.165, 1.54) is 12.4 Å². The predicted octanol–water partition coefficient (Wildman–Crippen LogP) is 4.22. The van der Waals surface area contributed by atoms with Crippen LogP contribution in [0.3, 0.4) is 0 Å². The van der Waals surface area contributed by atoms with Crippen molar-refractivity contribution in [3.63, 3.8) is 0 Å². The molecule has 1 heterocycles. The Hall–Kier alpha value is -1.85. The van der Waals surface area contributed by atoms with Crippen molar-refractivity contribution < 1.29 is 9.53 Å². The van der Waals surface area contributed by atoms with Gasteiger partial charge in [-0.15, -0.1) is 0 Å². The van der Waals surface area contributed by atoms with E-state index in [-0.39, 0.29) is 17.6 Å². The molecule has 7 heteroatoms. The smallest absolute Gasteiger partial charge is 0.227 e. The van der Waals surface area contributed by atoms with Crippen molar-refractivity contribution in [1.29, 1.82) is 0 Å². The molecule has 1 unspecified atom stereocenters. The zero-order chi connectivity index (χ0) is 18.6. The summed E-state index contributed by atoms with van der Waals surface area (Å²) in [6.45, 7) is 8.33. The van der Waals surface area contributed by atoms with Crippen LogP contribution in [0.4, 0.5) is 0 Å². The zero-order valence-electron chi connectivity index (χ0n) is 14.7. The Balaban J connectivity index is 2.23. The zero-order valence-corrected chi connectivity index (χ0v) is 16.2. The molecular weight excluding hydrogens is 361 g/mol. The monoisotopic (exact) mass is 381 g/mol. The van der Waals surface area contributed by atoms with E-state index in [2.05, 4.69) is 15.3 Å². The number of benzene rings is 1. The maximum atomic E-state index is 12.6. The lowest BCUT2D eigenvalue weighted by Gasteiger charge is -2.20. The highest BCUT2D eigenvalue weighted by Gasteiger charge is 2.23. The summed E-state index contributed by atoms with van der Waals surface area (Å²) in [4.78, 5) is 20.7. The highest BCUT2D eigenvalue weighted by molar-refractivity contribution is 6.31. The first-order chi connectivity index (χ1) is 11.9. The summed E-state index contributed by atoms with van der Waals surface area (Å²) in [5.74, 6) is 0.111. The van der Waals surface area contributed by atoms with Crippen molar-refractivity contribution in [1.82, 2.24) is 15.3 Å². The van der Waals surface area contributed by atoms with Gasteiger partial charge < -0.3 is 10.1 Å². The summed E-state index contributed by atoms with van der Waals surface area (Å²) >= 11 is 12.3. The predicted molar refractivity (Wildman–Crippen MR) is 99.4 cm³/mol. The number of ether oxygens (including phenoxy) is 1. The molecule has 0 bridgehead atoms. The van der Waals surface area contributed by atoms with Crippen LogP contribution in [0.1, 0.15) is 42.1 Å². The van der Waals surface area contributed by atoms with E-state index < -0.39 is 5.92 Å². The first-order valence-electron chi connectivity index (χ1n) is 8.02. The largest absolute Gasteiger partial charge is 0.493 e. The van der Waals surface area contributed by atoms with E-state index in [0.717, 1.165) is 16.7 Å². The van der Waals surface area contributed by atoms with Gasteiger partial charge >= 0.3 is 0 Å². The van der Waals surface area contributed by atoms with E-state index in [1.807, 2.05) is 27.7 Å². The molecule has 1 atom stereocenters. The van der Waals surface area contributed by atoms with Crippen LogP contribution in [0.2, 0.25) is 10.2 Å². The van der Waals surface area contributed by atoms with E-state index in [4.69, 9.17) is 27.9 Å². The summed E-state index contributed by atoms with van der Waals surface area (Å²) in [6.07, 6.45) is 3.04. The minimum absolute atomic E-state index is 0.165. The van der Waals surface area contributed by atoms with Crippen LogP contribution in [-0.4, -0.2) is 22.5 Å². The van der Waals surface area contributed by atoms with Crippen molar-refractivity contribution in [2.45, 2.75) is 40.2 Å². The second-order valence-electron chi connectivity index (χ2n) is 5.69. The van der Waals surface area contributed by atoms with Crippen LogP contribution in [0.5, 0.6) is 5.75 Å². The van der Waals surface area contributed by atoms with Gasteiger partial charge in [0.05, 0.1) is 24.8 Å². The molecule has 1 aromatic heterocycles. The van der Waals surface area contributed by atoms with Gasteiger partial charge in [-0.2, -0.15) is 0 Å². The van der Waals surface area contributed by atoms with Gasteiger partial charge in [-0.05, 0) is 44.9 Å². The third-order valence-corrected chi connectivity index (χ3v) is 4.82. The highest BCUT2D eigenvalue weighted by atomic mass is 35.5. The first-order valence-corrected chi connectivity index (χ1v) is 8.77. The van der Waals surface area contributed by atoms with E-state index in [9.17, 15) is 4.79 Å². The third kappa shape index (κ3) is 4.41. The van der Waals surface area contributed by atoms with Crippen molar-refractivity contribution in [2.24, 2.45) is 0 Å². The number of halogens is 2. The maximum Gasteiger partial charge on any atom is 0.227 e. The fourth-order valence-corrected chi connectivity index (χ4v) is 2.90. The van der Waals surface area contributed by atoms with Crippen LogP contribution >= 0.6 is 23.2 Å². The number of carbonyl (C=O) groups excluding carboxylic acids is 1. The molecule has 1 N–H and O–H groups in total. The summed E-state index contributed by atoms with van der Waals surface area (Å²) in [5, 5.41) is 3.73.